The lowest BCUT2D eigenvalue weighted by molar-refractivity contribution is 0.0103. The van der Waals surface area contributed by atoms with E-state index in [2.05, 4.69) is 15.7 Å². The van der Waals surface area contributed by atoms with Gasteiger partial charge >= 0.3 is 6.03 Å². The van der Waals surface area contributed by atoms with Gasteiger partial charge in [-0.15, -0.1) is 0 Å². The fraction of sp³-hybridized carbons (Fsp3) is 0.733. The van der Waals surface area contributed by atoms with E-state index in [0.717, 1.165) is 43.7 Å². The molecule has 1 aromatic heterocycles. The van der Waals surface area contributed by atoms with Crippen molar-refractivity contribution in [1.82, 2.24) is 15.1 Å². The Morgan fingerprint density at radius 3 is 3.10 bits per heavy atom. The van der Waals surface area contributed by atoms with E-state index in [9.17, 15) is 4.79 Å². The van der Waals surface area contributed by atoms with Crippen molar-refractivity contribution in [3.8, 4) is 0 Å². The topological polar surface area (TPSA) is 68.2 Å². The minimum atomic E-state index is -0.165. The Bertz CT molecular complexity index is 453. The molecule has 21 heavy (non-hydrogen) atoms. The van der Waals surface area contributed by atoms with Crippen LogP contribution in [0.4, 0.5) is 10.5 Å². The van der Waals surface area contributed by atoms with E-state index in [0.29, 0.717) is 12.6 Å². The quantitative estimate of drug-likeness (QED) is 0.792. The highest BCUT2D eigenvalue weighted by Gasteiger charge is 2.13. The van der Waals surface area contributed by atoms with Crippen LogP contribution in [0.2, 0.25) is 0 Å². The molecule has 2 heterocycles. The zero-order valence-corrected chi connectivity index (χ0v) is 13.0. The second kappa shape index (κ2) is 8.02. The summed E-state index contributed by atoms with van der Waals surface area (Å²) in [7, 11) is 1.85. The van der Waals surface area contributed by atoms with E-state index in [1.54, 1.807) is 4.68 Å². The van der Waals surface area contributed by atoms with Crippen LogP contribution in [0.5, 0.6) is 0 Å². The Hall–Kier alpha value is -1.56. The van der Waals surface area contributed by atoms with Crippen LogP contribution in [0.25, 0.3) is 0 Å². The van der Waals surface area contributed by atoms with Gasteiger partial charge in [-0.25, -0.2) is 4.79 Å². The number of carbonyl (C=O) groups is 1. The molecule has 2 rings (SSSR count). The number of anilines is 1. The van der Waals surface area contributed by atoms with E-state index in [4.69, 9.17) is 4.74 Å². The largest absolute Gasteiger partial charge is 0.378 e. The molecule has 0 unspecified atom stereocenters. The minimum Gasteiger partial charge on any atom is -0.378 e. The average molecular weight is 294 g/mol. The molecule has 1 aliphatic heterocycles. The Balaban J connectivity index is 1.65. The molecule has 0 spiro atoms. The number of nitrogens with one attached hydrogen (secondary N) is 2. The predicted molar refractivity (Wildman–Crippen MR) is 82.4 cm³/mol. The number of amides is 2. The second-order valence-corrected chi connectivity index (χ2v) is 5.53. The zero-order valence-electron chi connectivity index (χ0n) is 13.0. The van der Waals surface area contributed by atoms with Crippen molar-refractivity contribution in [2.24, 2.45) is 7.05 Å². The van der Waals surface area contributed by atoms with Crippen molar-refractivity contribution >= 4 is 11.7 Å². The van der Waals surface area contributed by atoms with Gasteiger partial charge in [0.15, 0.2) is 0 Å². The summed E-state index contributed by atoms with van der Waals surface area (Å²) in [5.74, 6) is 0. The molecule has 0 aliphatic carbocycles. The number of urea groups is 1. The fourth-order valence-corrected chi connectivity index (χ4v) is 2.63. The Morgan fingerprint density at radius 2 is 2.38 bits per heavy atom. The van der Waals surface area contributed by atoms with Crippen LogP contribution in [0.15, 0.2) is 6.20 Å². The first kappa shape index (κ1) is 15.8. The maximum atomic E-state index is 11.9. The molecule has 6 nitrogen and oxygen atoms in total. The third-order valence-electron chi connectivity index (χ3n) is 3.75. The van der Waals surface area contributed by atoms with Gasteiger partial charge in [-0.3, -0.25) is 4.68 Å². The van der Waals surface area contributed by atoms with Gasteiger partial charge in [-0.05, 0) is 38.5 Å². The predicted octanol–water partition coefficient (Wildman–Crippen LogP) is 2.45. The summed E-state index contributed by atoms with van der Waals surface area (Å²) in [6.07, 6.45) is 8.58. The van der Waals surface area contributed by atoms with Crippen molar-refractivity contribution in [1.29, 1.82) is 0 Å². The maximum absolute atomic E-state index is 11.9. The van der Waals surface area contributed by atoms with Crippen molar-refractivity contribution in [3.63, 3.8) is 0 Å². The molecular weight excluding hydrogens is 268 g/mol. The van der Waals surface area contributed by atoms with Gasteiger partial charge in [0, 0.05) is 26.4 Å². The molecule has 0 bridgehead atoms. The summed E-state index contributed by atoms with van der Waals surface area (Å²) in [5, 5.41) is 10.0. The first-order valence-electron chi connectivity index (χ1n) is 7.88. The highest BCUT2D eigenvalue weighted by atomic mass is 16.5. The molecule has 1 saturated heterocycles. The molecule has 1 fully saturated rings. The van der Waals surface area contributed by atoms with Crippen LogP contribution < -0.4 is 10.6 Å². The number of hydrogen-bond acceptors (Lipinski definition) is 3. The van der Waals surface area contributed by atoms with Gasteiger partial charge < -0.3 is 15.4 Å². The molecule has 1 aliphatic rings. The molecule has 2 N–H and O–H groups in total. The third-order valence-corrected chi connectivity index (χ3v) is 3.75. The molecule has 2 amide bonds. The molecule has 118 valence electrons. The molecule has 1 aromatic rings. The number of hydrogen-bond donors (Lipinski definition) is 2. The third kappa shape index (κ3) is 5.04. The van der Waals surface area contributed by atoms with Crippen LogP contribution in [-0.4, -0.2) is 35.1 Å². The lowest BCUT2D eigenvalue weighted by Gasteiger charge is -2.22. The van der Waals surface area contributed by atoms with Crippen LogP contribution in [-0.2, 0) is 18.2 Å². The standard InChI is InChI=1S/C15H26N4O2/c1-3-13-14(11-19(2)18-13)17-15(20)16-9-6-8-12-7-4-5-10-21-12/h11-12H,3-10H2,1-2H3,(H2,16,17,20)/t12-/m1/s1. The van der Waals surface area contributed by atoms with E-state index < -0.39 is 0 Å². The summed E-state index contributed by atoms with van der Waals surface area (Å²) in [4.78, 5) is 11.9. The summed E-state index contributed by atoms with van der Waals surface area (Å²) < 4.78 is 7.39. The van der Waals surface area contributed by atoms with Gasteiger partial charge in [-0.2, -0.15) is 5.10 Å². The van der Waals surface area contributed by atoms with Crippen molar-refractivity contribution < 1.29 is 9.53 Å². The molecular formula is C15H26N4O2. The molecule has 1 atom stereocenters. The fourth-order valence-electron chi connectivity index (χ4n) is 2.63. The van der Waals surface area contributed by atoms with Crippen molar-refractivity contribution in [3.05, 3.63) is 11.9 Å². The monoisotopic (exact) mass is 294 g/mol. The Morgan fingerprint density at radius 1 is 1.52 bits per heavy atom. The number of nitrogens with zero attached hydrogens (tertiary/aromatic N) is 2. The minimum absolute atomic E-state index is 0.165. The average Bonchev–Trinajstić information content (AvgIpc) is 2.84. The molecule has 0 saturated carbocycles. The first-order chi connectivity index (χ1) is 10.2. The number of rotatable bonds is 6. The van der Waals surface area contributed by atoms with E-state index in [1.165, 1.54) is 12.8 Å². The van der Waals surface area contributed by atoms with Gasteiger partial charge in [0.05, 0.1) is 17.5 Å². The van der Waals surface area contributed by atoms with Gasteiger partial charge in [0.25, 0.3) is 0 Å². The van der Waals surface area contributed by atoms with Gasteiger partial charge in [-0.1, -0.05) is 6.92 Å². The van der Waals surface area contributed by atoms with Gasteiger partial charge in [0.2, 0.25) is 0 Å². The number of aromatic nitrogens is 2. The van der Waals surface area contributed by atoms with Crippen LogP contribution in [0, 0.1) is 0 Å². The first-order valence-corrected chi connectivity index (χ1v) is 7.88. The van der Waals surface area contributed by atoms with Gasteiger partial charge in [0.1, 0.15) is 0 Å². The highest BCUT2D eigenvalue weighted by Crippen LogP contribution is 2.16. The van der Waals surface area contributed by atoms with Crippen LogP contribution >= 0.6 is 0 Å². The normalized spacial score (nSPS) is 18.5. The van der Waals surface area contributed by atoms with E-state index in [-0.39, 0.29) is 6.03 Å². The Kier molecular flexibility index (Phi) is 6.04. The lowest BCUT2D eigenvalue weighted by Crippen LogP contribution is -2.30. The smallest absolute Gasteiger partial charge is 0.319 e. The lowest BCUT2D eigenvalue weighted by atomic mass is 10.0. The summed E-state index contributed by atoms with van der Waals surface area (Å²) in [5.41, 5.74) is 1.69. The zero-order chi connectivity index (χ0) is 15.1. The van der Waals surface area contributed by atoms with Crippen molar-refractivity contribution in [2.75, 3.05) is 18.5 Å². The summed E-state index contributed by atoms with van der Waals surface area (Å²) in [6, 6.07) is -0.165. The molecule has 6 heteroatoms. The molecule has 0 aromatic carbocycles. The summed E-state index contributed by atoms with van der Waals surface area (Å²) in [6.45, 7) is 3.59. The van der Waals surface area contributed by atoms with E-state index >= 15 is 0 Å². The maximum Gasteiger partial charge on any atom is 0.319 e. The highest BCUT2D eigenvalue weighted by molar-refractivity contribution is 5.89. The second-order valence-electron chi connectivity index (χ2n) is 5.53. The SMILES string of the molecule is CCc1nn(C)cc1NC(=O)NCCC[C@H]1CCCCO1. The number of carbonyl (C=O) groups excluding carboxylic acids is 1. The van der Waals surface area contributed by atoms with Crippen LogP contribution in [0.1, 0.15) is 44.7 Å². The number of aryl methyl sites for hydroxylation is 2. The summed E-state index contributed by atoms with van der Waals surface area (Å²) >= 11 is 0. The Labute approximate surface area is 126 Å². The molecule has 0 radical (unpaired) electrons. The van der Waals surface area contributed by atoms with Crippen molar-refractivity contribution in [2.45, 2.75) is 51.6 Å². The van der Waals surface area contributed by atoms with E-state index in [1.807, 2.05) is 20.2 Å². The number of ether oxygens (including phenoxy) is 1. The van der Waals surface area contributed by atoms with Crippen LogP contribution in [0.3, 0.4) is 0 Å².